The van der Waals surface area contributed by atoms with Crippen molar-refractivity contribution in [1.29, 1.82) is 0 Å². The Kier molecular flexibility index (Phi) is 3.43. The van der Waals surface area contributed by atoms with Crippen LogP contribution in [-0.4, -0.2) is 17.5 Å². The van der Waals surface area contributed by atoms with Crippen LogP contribution in [-0.2, 0) is 4.74 Å². The number of esters is 1. The van der Waals surface area contributed by atoms with Crippen molar-refractivity contribution < 1.29 is 13.9 Å². The topological polar surface area (TPSA) is 39.2 Å². The van der Waals surface area contributed by atoms with Crippen molar-refractivity contribution >= 4 is 17.5 Å². The second kappa shape index (κ2) is 4.86. The predicted octanol–water partition coefficient (Wildman–Crippen LogP) is 3.35. The molecule has 0 spiro atoms. The van der Waals surface area contributed by atoms with Gasteiger partial charge < -0.3 is 4.74 Å². The molecule has 2 rings (SSSR count). The van der Waals surface area contributed by atoms with Crippen LogP contribution in [0.2, 0.25) is 0 Å². The van der Waals surface area contributed by atoms with E-state index in [0.29, 0.717) is 5.56 Å². The maximum atomic E-state index is 13.6. The minimum absolute atomic E-state index is 0.206. The first-order valence-electron chi connectivity index (χ1n) is 5.35. The summed E-state index contributed by atoms with van der Waals surface area (Å²) in [5.41, 5.74) is 2.57. The molecule has 0 fully saturated rings. The second-order valence-electron chi connectivity index (χ2n) is 3.92. The number of aromatic nitrogens is 1. The molecule has 0 atom stereocenters. The highest BCUT2D eigenvalue weighted by molar-refractivity contribution is 7.06. The number of hydrogen-bond acceptors (Lipinski definition) is 4. The fourth-order valence-electron chi connectivity index (χ4n) is 1.86. The van der Waals surface area contributed by atoms with E-state index in [-0.39, 0.29) is 5.56 Å². The van der Waals surface area contributed by atoms with Crippen LogP contribution in [0.3, 0.4) is 0 Å². The van der Waals surface area contributed by atoms with Crippen molar-refractivity contribution in [3.05, 3.63) is 40.2 Å². The third-order valence-electron chi connectivity index (χ3n) is 2.64. The lowest BCUT2D eigenvalue weighted by Gasteiger charge is -2.05. The maximum absolute atomic E-state index is 13.6. The van der Waals surface area contributed by atoms with Crippen LogP contribution in [0, 0.1) is 19.7 Å². The van der Waals surface area contributed by atoms with Gasteiger partial charge in [0.15, 0.2) is 0 Å². The van der Waals surface area contributed by atoms with Gasteiger partial charge in [-0.3, -0.25) is 0 Å². The standard InChI is InChI=1S/C13H12FNO2S/c1-7-12(8(2)18-15-7)9-4-10(13(16)17-3)6-11(14)5-9/h4-6H,1-3H3. The third-order valence-corrected chi connectivity index (χ3v) is 3.48. The van der Waals surface area contributed by atoms with Crippen molar-refractivity contribution in [2.75, 3.05) is 7.11 Å². The molecule has 0 aliphatic heterocycles. The molecule has 0 saturated carbocycles. The number of rotatable bonds is 2. The van der Waals surface area contributed by atoms with E-state index >= 15 is 0 Å². The number of nitrogens with zero attached hydrogens (tertiary/aromatic N) is 1. The number of benzene rings is 1. The number of carbonyl (C=O) groups is 1. The summed E-state index contributed by atoms with van der Waals surface area (Å²) in [6.45, 7) is 3.78. The van der Waals surface area contributed by atoms with Crippen LogP contribution >= 0.6 is 11.5 Å². The molecule has 5 heteroatoms. The van der Waals surface area contributed by atoms with E-state index in [4.69, 9.17) is 0 Å². The van der Waals surface area contributed by atoms with E-state index in [2.05, 4.69) is 9.11 Å². The zero-order valence-electron chi connectivity index (χ0n) is 10.3. The van der Waals surface area contributed by atoms with Gasteiger partial charge in [0.1, 0.15) is 5.82 Å². The Morgan fingerprint density at radius 3 is 2.61 bits per heavy atom. The molecule has 1 aromatic heterocycles. The molecule has 0 saturated heterocycles. The highest BCUT2D eigenvalue weighted by Gasteiger charge is 2.14. The third kappa shape index (κ3) is 2.26. The average molecular weight is 265 g/mol. The van der Waals surface area contributed by atoms with Crippen LogP contribution in [0.25, 0.3) is 11.1 Å². The Morgan fingerprint density at radius 2 is 2.06 bits per heavy atom. The van der Waals surface area contributed by atoms with Crippen LogP contribution in [0.5, 0.6) is 0 Å². The normalized spacial score (nSPS) is 10.4. The molecule has 18 heavy (non-hydrogen) atoms. The van der Waals surface area contributed by atoms with E-state index in [1.165, 1.54) is 30.8 Å². The van der Waals surface area contributed by atoms with Crippen LogP contribution in [0.15, 0.2) is 18.2 Å². The molecule has 2 aromatic rings. The lowest BCUT2D eigenvalue weighted by Crippen LogP contribution is -2.02. The Labute approximate surface area is 108 Å². The summed E-state index contributed by atoms with van der Waals surface area (Å²) in [6, 6.07) is 4.19. The summed E-state index contributed by atoms with van der Waals surface area (Å²) in [4.78, 5) is 12.4. The fraction of sp³-hybridized carbons (Fsp3) is 0.231. The molecule has 1 aromatic carbocycles. The van der Waals surface area contributed by atoms with Crippen molar-refractivity contribution in [3.63, 3.8) is 0 Å². The van der Waals surface area contributed by atoms with Gasteiger partial charge in [0, 0.05) is 10.4 Å². The van der Waals surface area contributed by atoms with Gasteiger partial charge in [0.05, 0.1) is 18.4 Å². The second-order valence-corrected chi connectivity index (χ2v) is 4.90. The molecule has 0 amide bonds. The van der Waals surface area contributed by atoms with Crippen molar-refractivity contribution in [1.82, 2.24) is 4.37 Å². The molecule has 0 aliphatic rings. The van der Waals surface area contributed by atoms with Crippen LogP contribution in [0.4, 0.5) is 4.39 Å². The van der Waals surface area contributed by atoms with E-state index in [0.717, 1.165) is 16.1 Å². The maximum Gasteiger partial charge on any atom is 0.337 e. The Balaban J connectivity index is 2.59. The molecule has 0 bridgehead atoms. The van der Waals surface area contributed by atoms with Crippen molar-refractivity contribution in [2.24, 2.45) is 0 Å². The minimum Gasteiger partial charge on any atom is -0.465 e. The zero-order valence-corrected chi connectivity index (χ0v) is 11.1. The average Bonchev–Trinajstić information content (AvgIpc) is 2.67. The van der Waals surface area contributed by atoms with E-state index in [1.807, 2.05) is 13.8 Å². The number of carbonyl (C=O) groups excluding carboxylic acids is 1. The summed E-state index contributed by atoms with van der Waals surface area (Å²) in [6.07, 6.45) is 0. The summed E-state index contributed by atoms with van der Waals surface area (Å²) < 4.78 is 22.4. The number of methoxy groups -OCH3 is 1. The summed E-state index contributed by atoms with van der Waals surface area (Å²) in [7, 11) is 1.27. The van der Waals surface area contributed by atoms with Gasteiger partial charge in [-0.05, 0) is 49.1 Å². The van der Waals surface area contributed by atoms with Gasteiger partial charge in [-0.15, -0.1) is 0 Å². The monoisotopic (exact) mass is 265 g/mol. The smallest absolute Gasteiger partial charge is 0.337 e. The molecule has 0 radical (unpaired) electrons. The van der Waals surface area contributed by atoms with Gasteiger partial charge in [0.25, 0.3) is 0 Å². The lowest BCUT2D eigenvalue weighted by atomic mass is 10.0. The van der Waals surface area contributed by atoms with E-state index < -0.39 is 11.8 Å². The summed E-state index contributed by atoms with van der Waals surface area (Å²) in [5.74, 6) is -1.01. The molecule has 0 unspecified atom stereocenters. The van der Waals surface area contributed by atoms with E-state index in [9.17, 15) is 9.18 Å². The van der Waals surface area contributed by atoms with Crippen molar-refractivity contribution in [3.8, 4) is 11.1 Å². The number of hydrogen-bond donors (Lipinski definition) is 0. The molecule has 0 N–H and O–H groups in total. The fourth-order valence-corrected chi connectivity index (χ4v) is 2.59. The van der Waals surface area contributed by atoms with Crippen LogP contribution < -0.4 is 0 Å². The number of halogens is 1. The largest absolute Gasteiger partial charge is 0.465 e. The molecule has 94 valence electrons. The highest BCUT2D eigenvalue weighted by Crippen LogP contribution is 2.30. The lowest BCUT2D eigenvalue weighted by molar-refractivity contribution is 0.0600. The Bertz CT molecular complexity index is 588. The first kappa shape index (κ1) is 12.7. The quantitative estimate of drug-likeness (QED) is 0.782. The molecule has 3 nitrogen and oxygen atoms in total. The van der Waals surface area contributed by atoms with Crippen LogP contribution in [0.1, 0.15) is 20.9 Å². The first-order chi connectivity index (χ1) is 8.52. The minimum atomic E-state index is -0.547. The number of ether oxygens (including phenoxy) is 1. The molecule has 0 aliphatic carbocycles. The number of aryl methyl sites for hydroxylation is 2. The van der Waals surface area contributed by atoms with Gasteiger partial charge in [-0.25, -0.2) is 9.18 Å². The molecular weight excluding hydrogens is 253 g/mol. The summed E-state index contributed by atoms with van der Waals surface area (Å²) in [5, 5.41) is 0. The zero-order chi connectivity index (χ0) is 13.3. The Hall–Kier alpha value is -1.75. The Morgan fingerprint density at radius 1 is 1.33 bits per heavy atom. The van der Waals surface area contributed by atoms with Gasteiger partial charge >= 0.3 is 5.97 Å². The predicted molar refractivity (Wildman–Crippen MR) is 68.3 cm³/mol. The van der Waals surface area contributed by atoms with Gasteiger partial charge in [-0.2, -0.15) is 4.37 Å². The van der Waals surface area contributed by atoms with Gasteiger partial charge in [0.2, 0.25) is 0 Å². The van der Waals surface area contributed by atoms with Gasteiger partial charge in [-0.1, -0.05) is 0 Å². The first-order valence-corrected chi connectivity index (χ1v) is 6.12. The summed E-state index contributed by atoms with van der Waals surface area (Å²) >= 11 is 1.36. The van der Waals surface area contributed by atoms with Crippen molar-refractivity contribution in [2.45, 2.75) is 13.8 Å². The van der Waals surface area contributed by atoms with E-state index in [1.54, 1.807) is 6.07 Å². The SMILES string of the molecule is COC(=O)c1cc(F)cc(-c2c(C)nsc2C)c1. The highest BCUT2D eigenvalue weighted by atomic mass is 32.1. The molecular formula is C13H12FNO2S. The molecule has 1 heterocycles.